The standard InChI is InChI=1S/C16H26N2O2/c1-2-13(12-7-4-3-5-8-12)18-11-15(19)17-10-6-9-14(17)16(18)20/h12-14H,2-11H2,1H3. The molecular formula is C16H26N2O2. The summed E-state index contributed by atoms with van der Waals surface area (Å²) in [6, 6.07) is 0.142. The molecule has 4 heteroatoms. The van der Waals surface area contributed by atoms with Crippen molar-refractivity contribution in [1.82, 2.24) is 9.80 Å². The van der Waals surface area contributed by atoms with Gasteiger partial charge in [0, 0.05) is 12.6 Å². The molecule has 0 aromatic carbocycles. The van der Waals surface area contributed by atoms with Gasteiger partial charge in [-0.2, -0.15) is 0 Å². The minimum absolute atomic E-state index is 0.145. The lowest BCUT2D eigenvalue weighted by atomic mass is 9.81. The van der Waals surface area contributed by atoms with Crippen LogP contribution in [0.2, 0.25) is 0 Å². The number of hydrogen-bond acceptors (Lipinski definition) is 2. The molecule has 0 aromatic heterocycles. The van der Waals surface area contributed by atoms with Crippen LogP contribution in [0, 0.1) is 5.92 Å². The van der Waals surface area contributed by atoms with Crippen molar-refractivity contribution in [2.45, 2.75) is 70.4 Å². The van der Waals surface area contributed by atoms with Crippen LogP contribution < -0.4 is 0 Å². The molecular weight excluding hydrogens is 252 g/mol. The molecule has 0 radical (unpaired) electrons. The number of amides is 2. The average Bonchev–Trinajstić information content (AvgIpc) is 2.96. The van der Waals surface area contributed by atoms with E-state index in [0.29, 0.717) is 12.5 Å². The number of rotatable bonds is 3. The molecule has 20 heavy (non-hydrogen) atoms. The van der Waals surface area contributed by atoms with E-state index in [1.165, 1.54) is 32.1 Å². The summed E-state index contributed by atoms with van der Waals surface area (Å²) in [5.41, 5.74) is 0. The third-order valence-electron chi connectivity index (χ3n) is 5.46. The summed E-state index contributed by atoms with van der Waals surface area (Å²) in [5.74, 6) is 0.999. The van der Waals surface area contributed by atoms with Crippen LogP contribution in [0.5, 0.6) is 0 Å². The van der Waals surface area contributed by atoms with Crippen LogP contribution in [0.3, 0.4) is 0 Å². The summed E-state index contributed by atoms with van der Waals surface area (Å²) in [4.78, 5) is 28.7. The van der Waals surface area contributed by atoms with Crippen molar-refractivity contribution in [1.29, 1.82) is 0 Å². The van der Waals surface area contributed by atoms with Gasteiger partial charge in [-0.15, -0.1) is 0 Å². The fourth-order valence-corrected chi connectivity index (χ4v) is 4.44. The Bertz CT molecular complexity index is 390. The zero-order valence-corrected chi connectivity index (χ0v) is 12.5. The molecule has 2 atom stereocenters. The smallest absolute Gasteiger partial charge is 0.246 e. The third-order valence-corrected chi connectivity index (χ3v) is 5.46. The Labute approximate surface area is 121 Å². The van der Waals surface area contributed by atoms with Crippen molar-refractivity contribution >= 4 is 11.8 Å². The van der Waals surface area contributed by atoms with Gasteiger partial charge in [0.2, 0.25) is 11.8 Å². The van der Waals surface area contributed by atoms with Gasteiger partial charge in [-0.05, 0) is 38.0 Å². The van der Waals surface area contributed by atoms with E-state index in [-0.39, 0.29) is 23.9 Å². The first-order chi connectivity index (χ1) is 9.72. The summed E-state index contributed by atoms with van der Waals surface area (Å²) < 4.78 is 0. The zero-order valence-electron chi connectivity index (χ0n) is 12.5. The van der Waals surface area contributed by atoms with Gasteiger partial charge in [0.05, 0.1) is 0 Å². The molecule has 3 aliphatic rings. The minimum Gasteiger partial charge on any atom is -0.329 e. The van der Waals surface area contributed by atoms with E-state index in [1.807, 2.05) is 9.80 Å². The lowest BCUT2D eigenvalue weighted by molar-refractivity contribution is -0.157. The van der Waals surface area contributed by atoms with Gasteiger partial charge >= 0.3 is 0 Å². The van der Waals surface area contributed by atoms with Crippen molar-refractivity contribution in [2.24, 2.45) is 5.92 Å². The molecule has 1 saturated carbocycles. The summed E-state index contributed by atoms with van der Waals surface area (Å²) >= 11 is 0. The lowest BCUT2D eigenvalue weighted by Crippen LogP contribution is -2.61. The van der Waals surface area contributed by atoms with E-state index in [0.717, 1.165) is 25.8 Å². The van der Waals surface area contributed by atoms with Crippen LogP contribution >= 0.6 is 0 Å². The van der Waals surface area contributed by atoms with Crippen molar-refractivity contribution in [3.8, 4) is 0 Å². The predicted molar refractivity (Wildman–Crippen MR) is 77.1 cm³/mol. The van der Waals surface area contributed by atoms with Crippen LogP contribution in [0.1, 0.15) is 58.3 Å². The minimum atomic E-state index is -0.145. The number of fused-ring (bicyclic) bond motifs is 1. The molecule has 2 heterocycles. The molecule has 2 unspecified atom stereocenters. The van der Waals surface area contributed by atoms with E-state index in [9.17, 15) is 9.59 Å². The van der Waals surface area contributed by atoms with Gasteiger partial charge in [-0.3, -0.25) is 9.59 Å². The van der Waals surface area contributed by atoms with Gasteiger partial charge in [0.25, 0.3) is 0 Å². The maximum absolute atomic E-state index is 12.7. The number of nitrogens with zero attached hydrogens (tertiary/aromatic N) is 2. The Morgan fingerprint density at radius 3 is 2.55 bits per heavy atom. The maximum Gasteiger partial charge on any atom is 0.246 e. The Morgan fingerprint density at radius 2 is 1.85 bits per heavy atom. The van der Waals surface area contributed by atoms with Crippen molar-refractivity contribution < 1.29 is 9.59 Å². The highest BCUT2D eigenvalue weighted by Crippen LogP contribution is 2.33. The Kier molecular flexibility index (Phi) is 3.99. The zero-order chi connectivity index (χ0) is 14.1. The van der Waals surface area contributed by atoms with E-state index >= 15 is 0 Å². The summed E-state index contributed by atoms with van der Waals surface area (Å²) in [6.07, 6.45) is 9.18. The van der Waals surface area contributed by atoms with E-state index in [4.69, 9.17) is 0 Å². The Hall–Kier alpha value is -1.06. The molecule has 0 bridgehead atoms. The third kappa shape index (κ3) is 2.33. The second-order valence-electron chi connectivity index (χ2n) is 6.58. The Morgan fingerprint density at radius 1 is 1.10 bits per heavy atom. The second kappa shape index (κ2) is 5.74. The van der Waals surface area contributed by atoms with Crippen LogP contribution in [0.4, 0.5) is 0 Å². The SMILES string of the molecule is CCC(C1CCCCC1)N1CC(=O)N2CCCC2C1=O. The Balaban J connectivity index is 1.76. The monoisotopic (exact) mass is 278 g/mol. The molecule has 2 aliphatic heterocycles. The summed E-state index contributed by atoms with van der Waals surface area (Å²) in [7, 11) is 0. The summed E-state index contributed by atoms with van der Waals surface area (Å²) in [5, 5.41) is 0. The number of carbonyl (C=O) groups is 2. The molecule has 112 valence electrons. The van der Waals surface area contributed by atoms with Gasteiger partial charge in [-0.1, -0.05) is 26.2 Å². The van der Waals surface area contributed by atoms with E-state index < -0.39 is 0 Å². The predicted octanol–water partition coefficient (Wildman–Crippen LogP) is 2.18. The molecule has 0 N–H and O–H groups in total. The maximum atomic E-state index is 12.7. The fraction of sp³-hybridized carbons (Fsp3) is 0.875. The first kappa shape index (κ1) is 13.9. The lowest BCUT2D eigenvalue weighted by Gasteiger charge is -2.44. The highest BCUT2D eigenvalue weighted by molar-refractivity contribution is 5.95. The number of hydrogen-bond donors (Lipinski definition) is 0. The van der Waals surface area contributed by atoms with Gasteiger partial charge in [0.15, 0.2) is 0 Å². The first-order valence-corrected chi connectivity index (χ1v) is 8.32. The molecule has 4 nitrogen and oxygen atoms in total. The molecule has 3 fully saturated rings. The molecule has 0 spiro atoms. The highest BCUT2D eigenvalue weighted by atomic mass is 16.2. The fourth-order valence-electron chi connectivity index (χ4n) is 4.44. The van der Waals surface area contributed by atoms with Gasteiger partial charge in [-0.25, -0.2) is 0 Å². The first-order valence-electron chi connectivity index (χ1n) is 8.32. The normalized spacial score (nSPS) is 29.8. The molecule has 1 aliphatic carbocycles. The molecule has 0 aromatic rings. The molecule has 2 saturated heterocycles. The van der Waals surface area contributed by atoms with Crippen LogP contribution in [-0.2, 0) is 9.59 Å². The highest BCUT2D eigenvalue weighted by Gasteiger charge is 2.45. The largest absolute Gasteiger partial charge is 0.329 e. The van der Waals surface area contributed by atoms with Crippen molar-refractivity contribution in [3.05, 3.63) is 0 Å². The van der Waals surface area contributed by atoms with E-state index in [2.05, 4.69) is 6.92 Å². The topological polar surface area (TPSA) is 40.6 Å². The van der Waals surface area contributed by atoms with Crippen LogP contribution in [0.25, 0.3) is 0 Å². The van der Waals surface area contributed by atoms with Gasteiger partial charge < -0.3 is 9.80 Å². The van der Waals surface area contributed by atoms with Gasteiger partial charge in [0.1, 0.15) is 12.6 Å². The summed E-state index contributed by atoms with van der Waals surface area (Å²) in [6.45, 7) is 3.27. The molecule has 3 rings (SSSR count). The van der Waals surface area contributed by atoms with Crippen LogP contribution in [-0.4, -0.2) is 46.8 Å². The van der Waals surface area contributed by atoms with Crippen molar-refractivity contribution in [3.63, 3.8) is 0 Å². The van der Waals surface area contributed by atoms with Crippen molar-refractivity contribution in [2.75, 3.05) is 13.1 Å². The molecule has 2 amide bonds. The number of piperazine rings is 1. The average molecular weight is 278 g/mol. The number of carbonyl (C=O) groups excluding carboxylic acids is 2. The second-order valence-corrected chi connectivity index (χ2v) is 6.58. The van der Waals surface area contributed by atoms with E-state index in [1.54, 1.807) is 0 Å². The quantitative estimate of drug-likeness (QED) is 0.794. The van der Waals surface area contributed by atoms with Crippen LogP contribution in [0.15, 0.2) is 0 Å².